The summed E-state index contributed by atoms with van der Waals surface area (Å²) in [6, 6.07) is 0. The minimum Gasteiger partial charge on any atom is -0.299 e. The molecule has 0 aliphatic rings. The smallest absolute Gasteiger partial charge is 0.271 e. The lowest BCUT2D eigenvalue weighted by Crippen LogP contribution is -2.63. The van der Waals surface area contributed by atoms with Crippen LogP contribution in [0.2, 0.25) is 0 Å². The van der Waals surface area contributed by atoms with Crippen molar-refractivity contribution in [1.82, 2.24) is 0 Å². The van der Waals surface area contributed by atoms with Crippen molar-refractivity contribution in [3.05, 3.63) is 0 Å². The molecule has 13 nitrogen and oxygen atoms in total. The zero-order valence-corrected chi connectivity index (χ0v) is 25.4. The molecule has 0 aliphatic carbocycles. The van der Waals surface area contributed by atoms with Crippen molar-refractivity contribution >= 4 is 59.0 Å². The summed E-state index contributed by atoms with van der Waals surface area (Å²) >= 11 is 0. The van der Waals surface area contributed by atoms with Gasteiger partial charge >= 0.3 is 0 Å². The normalized spacial score (nSPS) is 16.2. The Bertz CT molecular complexity index is 1310. The standard InChI is InChI=1S/C16H35NO12S6/c1-30(18,19)14(16(17,34(5,26)27)35(6,28)29)12-10-8-7-9-11-13-15(31(2,20)21,32(3,22)23)33(4,24)25/h14H,7-13,17H2,1-6H3. The average molecular weight is 626 g/mol. The molecule has 0 fully saturated rings. The summed E-state index contributed by atoms with van der Waals surface area (Å²) in [7, 11) is -27.1. The first-order chi connectivity index (χ1) is 15.1. The van der Waals surface area contributed by atoms with Gasteiger partial charge in [-0.05, 0) is 19.3 Å². The number of rotatable bonds is 15. The second-order valence-corrected chi connectivity index (χ2v) is 23.3. The molecule has 2 N–H and O–H groups in total. The molecule has 19 heteroatoms. The van der Waals surface area contributed by atoms with E-state index >= 15 is 0 Å². The lowest BCUT2D eigenvalue weighted by molar-refractivity contribution is 0.493. The summed E-state index contributed by atoms with van der Waals surface area (Å²) in [5, 5.41) is -1.95. The van der Waals surface area contributed by atoms with Gasteiger partial charge in [0.2, 0.25) is 4.20 Å². The van der Waals surface area contributed by atoms with Crippen LogP contribution in [0.25, 0.3) is 0 Å². The molecule has 1 unspecified atom stereocenters. The van der Waals surface area contributed by atoms with Gasteiger partial charge in [0.1, 0.15) is 5.25 Å². The molecular weight excluding hydrogens is 591 g/mol. The van der Waals surface area contributed by atoms with Crippen molar-refractivity contribution in [3.8, 4) is 0 Å². The van der Waals surface area contributed by atoms with Crippen LogP contribution in [0.3, 0.4) is 0 Å². The Balaban J connectivity index is 5.55. The van der Waals surface area contributed by atoms with Gasteiger partial charge in [-0.1, -0.05) is 25.7 Å². The lowest BCUT2D eigenvalue weighted by atomic mass is 10.1. The molecule has 0 aromatic heterocycles. The van der Waals surface area contributed by atoms with E-state index in [9.17, 15) is 50.5 Å². The van der Waals surface area contributed by atoms with E-state index in [0.29, 0.717) is 37.5 Å². The fourth-order valence-electron chi connectivity index (χ4n) is 4.05. The molecule has 0 aliphatic heterocycles. The van der Waals surface area contributed by atoms with Crippen molar-refractivity contribution in [2.45, 2.75) is 57.8 Å². The second kappa shape index (κ2) is 10.8. The molecule has 0 bridgehead atoms. The first-order valence-corrected chi connectivity index (χ1v) is 21.5. The van der Waals surface area contributed by atoms with Crippen molar-refractivity contribution in [1.29, 1.82) is 0 Å². The Labute approximate surface area is 209 Å². The Hall–Kier alpha value is -0.340. The van der Waals surface area contributed by atoms with E-state index < -0.39 is 84.7 Å². The van der Waals surface area contributed by atoms with Crippen LogP contribution >= 0.6 is 0 Å². The third-order valence-corrected chi connectivity index (χ3v) is 21.9. The predicted molar refractivity (Wildman–Crippen MR) is 135 cm³/mol. The van der Waals surface area contributed by atoms with Gasteiger partial charge in [-0.2, -0.15) is 0 Å². The van der Waals surface area contributed by atoms with Crippen LogP contribution in [0.5, 0.6) is 0 Å². The molecule has 0 amide bonds. The summed E-state index contributed by atoms with van der Waals surface area (Å²) in [5.74, 6) is 0. The quantitative estimate of drug-likeness (QED) is 0.207. The highest BCUT2D eigenvalue weighted by molar-refractivity contribution is 8.25. The maximum atomic E-state index is 12.3. The third-order valence-electron chi connectivity index (χ3n) is 5.77. The van der Waals surface area contributed by atoms with Gasteiger partial charge in [0.05, 0.1) is 0 Å². The highest BCUT2D eigenvalue weighted by atomic mass is 32.3. The summed E-state index contributed by atoms with van der Waals surface area (Å²) in [6.07, 6.45) is 2.78. The molecule has 1 atom stereocenters. The van der Waals surface area contributed by atoms with Gasteiger partial charge in [-0.15, -0.1) is 0 Å². The van der Waals surface area contributed by atoms with E-state index in [1.165, 1.54) is 0 Å². The van der Waals surface area contributed by atoms with Crippen LogP contribution in [0.4, 0.5) is 0 Å². The van der Waals surface area contributed by atoms with E-state index in [1.54, 1.807) is 0 Å². The Morgan fingerprint density at radius 1 is 0.514 bits per heavy atom. The van der Waals surface area contributed by atoms with Crippen LogP contribution in [0.1, 0.15) is 44.9 Å². The Kier molecular flexibility index (Phi) is 10.7. The van der Waals surface area contributed by atoms with Crippen LogP contribution in [-0.4, -0.2) is 101 Å². The fourth-order valence-corrected chi connectivity index (χ4v) is 18.9. The largest absolute Gasteiger partial charge is 0.299 e. The maximum Gasteiger partial charge on any atom is 0.271 e. The number of nitrogens with two attached hydrogens (primary N) is 1. The number of hydrogen-bond donors (Lipinski definition) is 1. The number of sulfone groups is 6. The average Bonchev–Trinajstić information content (AvgIpc) is 2.52. The topological polar surface area (TPSA) is 231 Å². The molecule has 0 aromatic rings. The van der Waals surface area contributed by atoms with Gasteiger partial charge in [-0.3, -0.25) is 5.73 Å². The SMILES string of the molecule is CS(=O)(=O)C(CCCCCCCC(S(C)(=O)=O)(S(C)(=O)=O)S(C)(=O)=O)C(N)(S(C)(=O)=O)S(C)(=O)=O. The minimum atomic E-state index is -4.58. The molecule has 0 spiro atoms. The molecule has 35 heavy (non-hydrogen) atoms. The molecule has 212 valence electrons. The van der Waals surface area contributed by atoms with E-state index in [4.69, 9.17) is 5.73 Å². The van der Waals surface area contributed by atoms with Crippen LogP contribution in [0, 0.1) is 0 Å². The summed E-state index contributed by atoms with van der Waals surface area (Å²) < 4.78 is 140. The van der Waals surface area contributed by atoms with Crippen LogP contribution in [-0.2, 0) is 59.0 Å². The second-order valence-electron chi connectivity index (χ2n) is 8.89. The van der Waals surface area contributed by atoms with Gasteiger partial charge < -0.3 is 0 Å². The zero-order valence-electron chi connectivity index (χ0n) is 20.5. The first kappa shape index (κ1) is 34.7. The van der Waals surface area contributed by atoms with Crippen molar-refractivity contribution in [3.63, 3.8) is 0 Å². The van der Waals surface area contributed by atoms with Crippen molar-refractivity contribution in [2.24, 2.45) is 5.73 Å². The highest BCUT2D eigenvalue weighted by Gasteiger charge is 2.59. The number of hydrogen-bond acceptors (Lipinski definition) is 13. The van der Waals surface area contributed by atoms with E-state index in [-0.39, 0.29) is 32.1 Å². The van der Waals surface area contributed by atoms with E-state index in [2.05, 4.69) is 0 Å². The Morgan fingerprint density at radius 2 is 0.829 bits per heavy atom. The lowest BCUT2D eigenvalue weighted by Gasteiger charge is -2.32. The molecular formula is C16H35NO12S6. The van der Waals surface area contributed by atoms with Gasteiger partial charge in [0.25, 0.3) is 3.41 Å². The highest BCUT2D eigenvalue weighted by Crippen LogP contribution is 2.36. The third kappa shape index (κ3) is 7.37. The molecule has 0 saturated carbocycles. The molecule has 0 heterocycles. The molecule has 0 radical (unpaired) electrons. The van der Waals surface area contributed by atoms with E-state index in [1.807, 2.05) is 0 Å². The van der Waals surface area contributed by atoms with Gasteiger partial charge in [0, 0.05) is 37.5 Å². The van der Waals surface area contributed by atoms with Crippen molar-refractivity contribution in [2.75, 3.05) is 37.5 Å². The van der Waals surface area contributed by atoms with Crippen LogP contribution in [0.15, 0.2) is 0 Å². The maximum absolute atomic E-state index is 12.3. The van der Waals surface area contributed by atoms with Crippen LogP contribution < -0.4 is 5.73 Å². The summed E-state index contributed by atoms with van der Waals surface area (Å²) in [4.78, 5) is 0. The van der Waals surface area contributed by atoms with Gasteiger partial charge in [-0.25, -0.2) is 50.5 Å². The zero-order chi connectivity index (χ0) is 28.5. The monoisotopic (exact) mass is 625 g/mol. The fraction of sp³-hybridized carbons (Fsp3) is 1.00. The number of unbranched alkanes of at least 4 members (excludes halogenated alkanes) is 4. The van der Waals surface area contributed by atoms with Gasteiger partial charge in [0.15, 0.2) is 59.0 Å². The minimum absolute atomic E-state index is 0.0249. The van der Waals surface area contributed by atoms with Crippen molar-refractivity contribution < 1.29 is 50.5 Å². The molecule has 0 saturated heterocycles. The summed E-state index contributed by atoms with van der Waals surface area (Å²) in [5.41, 5.74) is 5.69. The first-order valence-electron chi connectivity index (χ1n) is 10.0. The predicted octanol–water partition coefficient (Wildman–Crippen LogP) is -1.38. The summed E-state index contributed by atoms with van der Waals surface area (Å²) in [6.45, 7) is 0. The molecule has 0 aromatic carbocycles. The Morgan fingerprint density at radius 3 is 1.11 bits per heavy atom. The molecule has 0 rings (SSSR count). The van der Waals surface area contributed by atoms with E-state index in [0.717, 1.165) is 0 Å².